The maximum absolute atomic E-state index is 11.2. The molecule has 0 spiro atoms. The summed E-state index contributed by atoms with van der Waals surface area (Å²) in [7, 11) is 0. The zero-order chi connectivity index (χ0) is 10.9. The van der Waals surface area contributed by atoms with Crippen LogP contribution in [0.3, 0.4) is 0 Å². The van der Waals surface area contributed by atoms with Crippen molar-refractivity contribution in [1.29, 1.82) is 0 Å². The summed E-state index contributed by atoms with van der Waals surface area (Å²) >= 11 is 1.60. The largest absolute Gasteiger partial charge is 0.396 e. The van der Waals surface area contributed by atoms with Crippen molar-refractivity contribution in [2.45, 2.75) is 12.8 Å². The number of hydrogen-bond acceptors (Lipinski definition) is 3. The van der Waals surface area contributed by atoms with Crippen LogP contribution in [0.25, 0.3) is 6.08 Å². The predicted octanol–water partition coefficient (Wildman–Crippen LogP) is 1.65. The van der Waals surface area contributed by atoms with E-state index in [1.54, 1.807) is 17.4 Å². The lowest BCUT2D eigenvalue weighted by atomic mass is 10.3. The van der Waals surface area contributed by atoms with Crippen molar-refractivity contribution in [3.63, 3.8) is 0 Å². The van der Waals surface area contributed by atoms with E-state index >= 15 is 0 Å². The molecule has 1 heterocycles. The molecule has 82 valence electrons. The molecule has 1 rings (SSSR count). The quantitative estimate of drug-likeness (QED) is 0.571. The second kappa shape index (κ2) is 7.20. The molecule has 1 aromatic rings. The number of hydrogen-bond donors (Lipinski definition) is 2. The highest BCUT2D eigenvalue weighted by atomic mass is 32.1. The van der Waals surface area contributed by atoms with E-state index in [2.05, 4.69) is 5.32 Å². The first-order valence-corrected chi connectivity index (χ1v) is 5.81. The van der Waals surface area contributed by atoms with E-state index in [4.69, 9.17) is 5.11 Å². The maximum atomic E-state index is 11.2. The lowest BCUT2D eigenvalue weighted by Gasteiger charge is -1.99. The van der Waals surface area contributed by atoms with Gasteiger partial charge in [-0.15, -0.1) is 11.3 Å². The third kappa shape index (κ3) is 5.34. The van der Waals surface area contributed by atoms with Crippen molar-refractivity contribution in [3.8, 4) is 0 Å². The minimum atomic E-state index is -0.0821. The van der Waals surface area contributed by atoms with Gasteiger partial charge in [0.15, 0.2) is 0 Å². The highest BCUT2D eigenvalue weighted by Gasteiger charge is 1.94. The summed E-state index contributed by atoms with van der Waals surface area (Å²) in [5.41, 5.74) is 0. The fourth-order valence-corrected chi connectivity index (χ4v) is 1.67. The van der Waals surface area contributed by atoms with Gasteiger partial charge in [-0.25, -0.2) is 0 Å². The van der Waals surface area contributed by atoms with Crippen molar-refractivity contribution in [1.82, 2.24) is 5.32 Å². The van der Waals surface area contributed by atoms with Gasteiger partial charge in [0.25, 0.3) is 0 Å². The van der Waals surface area contributed by atoms with E-state index in [1.165, 1.54) is 6.08 Å². The van der Waals surface area contributed by atoms with Crippen LogP contribution in [0.4, 0.5) is 0 Å². The van der Waals surface area contributed by atoms with Crippen molar-refractivity contribution in [3.05, 3.63) is 28.5 Å². The topological polar surface area (TPSA) is 49.3 Å². The average molecular weight is 225 g/mol. The molecule has 0 saturated carbocycles. The molecule has 3 nitrogen and oxygen atoms in total. The number of rotatable bonds is 6. The Labute approximate surface area is 93.4 Å². The predicted molar refractivity (Wildman–Crippen MR) is 62.7 cm³/mol. The average Bonchev–Trinajstić information content (AvgIpc) is 2.74. The Morgan fingerprint density at radius 1 is 1.53 bits per heavy atom. The van der Waals surface area contributed by atoms with Gasteiger partial charge in [0.2, 0.25) is 5.91 Å². The molecule has 0 aliphatic heterocycles. The van der Waals surface area contributed by atoms with Crippen LogP contribution in [-0.2, 0) is 4.79 Å². The van der Waals surface area contributed by atoms with E-state index in [9.17, 15) is 4.79 Å². The molecule has 0 atom stereocenters. The van der Waals surface area contributed by atoms with Crippen LogP contribution in [0, 0.1) is 0 Å². The highest BCUT2D eigenvalue weighted by molar-refractivity contribution is 7.10. The van der Waals surface area contributed by atoms with Crippen LogP contribution in [0.2, 0.25) is 0 Å². The number of aliphatic hydroxyl groups excluding tert-OH is 1. The van der Waals surface area contributed by atoms with Gasteiger partial charge >= 0.3 is 0 Å². The van der Waals surface area contributed by atoms with E-state index in [-0.39, 0.29) is 12.5 Å². The number of aliphatic hydroxyl groups is 1. The summed E-state index contributed by atoms with van der Waals surface area (Å²) < 4.78 is 0. The highest BCUT2D eigenvalue weighted by Crippen LogP contribution is 2.09. The van der Waals surface area contributed by atoms with Gasteiger partial charge in [0.1, 0.15) is 0 Å². The fourth-order valence-electron chi connectivity index (χ4n) is 1.05. The summed E-state index contributed by atoms with van der Waals surface area (Å²) in [5.74, 6) is -0.0821. The van der Waals surface area contributed by atoms with Crippen molar-refractivity contribution >= 4 is 23.3 Å². The Morgan fingerprint density at radius 3 is 3.07 bits per heavy atom. The molecule has 0 aliphatic rings. The second-order valence-electron chi connectivity index (χ2n) is 3.07. The van der Waals surface area contributed by atoms with Gasteiger partial charge in [0, 0.05) is 24.1 Å². The number of thiophene rings is 1. The third-order valence-electron chi connectivity index (χ3n) is 1.83. The van der Waals surface area contributed by atoms with E-state index in [0.29, 0.717) is 6.54 Å². The van der Waals surface area contributed by atoms with Gasteiger partial charge in [-0.3, -0.25) is 4.79 Å². The van der Waals surface area contributed by atoms with Crippen LogP contribution in [-0.4, -0.2) is 24.2 Å². The summed E-state index contributed by atoms with van der Waals surface area (Å²) in [6.07, 6.45) is 4.88. The van der Waals surface area contributed by atoms with Gasteiger partial charge < -0.3 is 10.4 Å². The number of amides is 1. The van der Waals surface area contributed by atoms with Crippen LogP contribution in [0.15, 0.2) is 23.6 Å². The normalized spacial score (nSPS) is 10.7. The first-order chi connectivity index (χ1) is 7.33. The Kier molecular flexibility index (Phi) is 5.73. The summed E-state index contributed by atoms with van der Waals surface area (Å²) in [4.78, 5) is 12.3. The molecule has 0 aliphatic carbocycles. The maximum Gasteiger partial charge on any atom is 0.244 e. The Balaban J connectivity index is 2.18. The van der Waals surface area contributed by atoms with Crippen molar-refractivity contribution < 1.29 is 9.90 Å². The molecule has 15 heavy (non-hydrogen) atoms. The van der Waals surface area contributed by atoms with Crippen LogP contribution < -0.4 is 5.32 Å². The minimum Gasteiger partial charge on any atom is -0.396 e. The Morgan fingerprint density at radius 2 is 2.40 bits per heavy atom. The van der Waals surface area contributed by atoms with E-state index in [0.717, 1.165) is 17.7 Å². The minimum absolute atomic E-state index is 0.0821. The molecule has 0 radical (unpaired) electrons. The van der Waals surface area contributed by atoms with Crippen molar-refractivity contribution in [2.75, 3.05) is 13.2 Å². The SMILES string of the molecule is O=C(/C=C/c1cccs1)NCCCCO. The smallest absolute Gasteiger partial charge is 0.244 e. The molecule has 1 amide bonds. The van der Waals surface area contributed by atoms with Gasteiger partial charge in [-0.1, -0.05) is 6.07 Å². The summed E-state index contributed by atoms with van der Waals surface area (Å²) in [5, 5.41) is 13.3. The Hall–Kier alpha value is -1.13. The van der Waals surface area contributed by atoms with Crippen LogP contribution in [0.5, 0.6) is 0 Å². The standard InChI is InChI=1S/C11H15NO2S/c13-8-2-1-7-12-11(14)6-5-10-4-3-9-15-10/h3-6,9,13H,1-2,7-8H2,(H,12,14)/b6-5+. The monoisotopic (exact) mass is 225 g/mol. The number of nitrogens with one attached hydrogen (secondary N) is 1. The molecule has 4 heteroatoms. The first-order valence-electron chi connectivity index (χ1n) is 4.93. The zero-order valence-corrected chi connectivity index (χ0v) is 9.30. The molecule has 1 aromatic heterocycles. The fraction of sp³-hybridized carbons (Fsp3) is 0.364. The molecular formula is C11H15NO2S. The van der Waals surface area contributed by atoms with Crippen molar-refractivity contribution in [2.24, 2.45) is 0 Å². The summed E-state index contributed by atoms with van der Waals surface area (Å²) in [6.45, 7) is 0.801. The lowest BCUT2D eigenvalue weighted by Crippen LogP contribution is -2.22. The van der Waals surface area contributed by atoms with E-state index < -0.39 is 0 Å². The molecule has 0 bridgehead atoms. The van der Waals surface area contributed by atoms with Crippen LogP contribution >= 0.6 is 11.3 Å². The molecular weight excluding hydrogens is 210 g/mol. The Bertz CT molecular complexity index is 306. The van der Waals surface area contributed by atoms with Crippen LogP contribution in [0.1, 0.15) is 17.7 Å². The first kappa shape index (κ1) is 11.9. The van der Waals surface area contributed by atoms with E-state index in [1.807, 2.05) is 17.5 Å². The molecule has 2 N–H and O–H groups in total. The molecule has 0 fully saturated rings. The number of unbranched alkanes of at least 4 members (excludes halogenated alkanes) is 1. The molecule has 0 unspecified atom stereocenters. The third-order valence-corrected chi connectivity index (χ3v) is 2.66. The second-order valence-corrected chi connectivity index (χ2v) is 4.05. The zero-order valence-electron chi connectivity index (χ0n) is 8.48. The number of carbonyl (C=O) groups is 1. The lowest BCUT2D eigenvalue weighted by molar-refractivity contribution is -0.116. The molecule has 0 saturated heterocycles. The van der Waals surface area contributed by atoms with Gasteiger partial charge in [-0.05, 0) is 30.4 Å². The summed E-state index contributed by atoms with van der Waals surface area (Å²) in [6, 6.07) is 3.91. The van der Waals surface area contributed by atoms with Gasteiger partial charge in [0.05, 0.1) is 0 Å². The molecule has 0 aromatic carbocycles. The van der Waals surface area contributed by atoms with Gasteiger partial charge in [-0.2, -0.15) is 0 Å². The number of carbonyl (C=O) groups excluding carboxylic acids is 1.